The molecule has 1 unspecified atom stereocenters. The van der Waals surface area contributed by atoms with Crippen LogP contribution in [0.1, 0.15) is 39.5 Å². The highest BCUT2D eigenvalue weighted by Gasteiger charge is 2.34. The molecule has 0 radical (unpaired) electrons. The molecule has 0 aromatic heterocycles. The van der Waals surface area contributed by atoms with E-state index in [1.54, 1.807) is 8.61 Å². The van der Waals surface area contributed by atoms with Gasteiger partial charge in [0.15, 0.2) is 0 Å². The van der Waals surface area contributed by atoms with Gasteiger partial charge in [-0.05, 0) is 31.6 Å². The highest BCUT2D eigenvalue weighted by atomic mass is 32.2. The Hall–Kier alpha value is -0.170. The minimum Gasteiger partial charge on any atom is -0.396 e. The van der Waals surface area contributed by atoms with Crippen LogP contribution in [0.15, 0.2) is 0 Å². The molecule has 6 heteroatoms. The van der Waals surface area contributed by atoms with Gasteiger partial charge >= 0.3 is 0 Å². The summed E-state index contributed by atoms with van der Waals surface area (Å²) in [7, 11) is -3.29. The maximum absolute atomic E-state index is 12.5. The van der Waals surface area contributed by atoms with Crippen LogP contribution in [0.4, 0.5) is 0 Å². The molecule has 1 saturated heterocycles. The summed E-state index contributed by atoms with van der Waals surface area (Å²) in [6, 6.07) is 0. The van der Waals surface area contributed by atoms with Crippen molar-refractivity contribution in [3.05, 3.63) is 0 Å². The van der Waals surface area contributed by atoms with E-state index in [-0.39, 0.29) is 6.61 Å². The van der Waals surface area contributed by atoms with E-state index in [4.69, 9.17) is 5.11 Å². The second kappa shape index (κ2) is 7.43. The summed E-state index contributed by atoms with van der Waals surface area (Å²) < 4.78 is 28.1. The van der Waals surface area contributed by atoms with Crippen LogP contribution in [-0.4, -0.2) is 54.9 Å². The van der Waals surface area contributed by atoms with E-state index in [9.17, 15) is 8.42 Å². The molecule has 1 rings (SSSR count). The van der Waals surface area contributed by atoms with Crippen LogP contribution in [0.5, 0.6) is 0 Å². The van der Waals surface area contributed by atoms with Crippen molar-refractivity contribution in [1.82, 2.24) is 8.61 Å². The minimum absolute atomic E-state index is 0.145. The van der Waals surface area contributed by atoms with Crippen molar-refractivity contribution in [2.75, 3.05) is 32.8 Å². The van der Waals surface area contributed by atoms with Crippen molar-refractivity contribution in [1.29, 1.82) is 0 Å². The van der Waals surface area contributed by atoms with E-state index in [1.807, 2.05) is 13.8 Å². The summed E-state index contributed by atoms with van der Waals surface area (Å²) in [5.41, 5.74) is 0. The van der Waals surface area contributed by atoms with Gasteiger partial charge in [-0.1, -0.05) is 13.8 Å². The first-order valence-electron chi connectivity index (χ1n) is 6.92. The molecule has 108 valence electrons. The molecular formula is C12H26N2O3S. The van der Waals surface area contributed by atoms with Gasteiger partial charge in [-0.3, -0.25) is 0 Å². The van der Waals surface area contributed by atoms with Crippen molar-refractivity contribution in [3.63, 3.8) is 0 Å². The summed E-state index contributed by atoms with van der Waals surface area (Å²) in [5, 5.41) is 8.91. The smallest absolute Gasteiger partial charge is 0.281 e. The van der Waals surface area contributed by atoms with Crippen LogP contribution >= 0.6 is 0 Å². The molecule has 18 heavy (non-hydrogen) atoms. The molecule has 0 aromatic rings. The van der Waals surface area contributed by atoms with Crippen molar-refractivity contribution in [2.24, 2.45) is 5.92 Å². The molecule has 0 spiro atoms. The molecule has 0 amide bonds. The number of aliphatic hydroxyl groups is 1. The maximum Gasteiger partial charge on any atom is 0.281 e. The van der Waals surface area contributed by atoms with Crippen molar-refractivity contribution >= 4 is 10.2 Å². The third kappa shape index (κ3) is 3.91. The lowest BCUT2D eigenvalue weighted by Crippen LogP contribution is -2.43. The van der Waals surface area contributed by atoms with Gasteiger partial charge in [0.2, 0.25) is 0 Å². The minimum atomic E-state index is -3.29. The Bertz CT molecular complexity index is 326. The summed E-state index contributed by atoms with van der Waals surface area (Å²) in [5.74, 6) is 0.315. The number of aliphatic hydroxyl groups excluding tert-OH is 1. The zero-order valence-corrected chi connectivity index (χ0v) is 12.3. The summed E-state index contributed by atoms with van der Waals surface area (Å²) >= 11 is 0. The topological polar surface area (TPSA) is 60.9 Å². The molecule has 0 saturated carbocycles. The van der Waals surface area contributed by atoms with E-state index in [0.29, 0.717) is 38.5 Å². The van der Waals surface area contributed by atoms with Crippen molar-refractivity contribution < 1.29 is 13.5 Å². The molecule has 1 N–H and O–H groups in total. The van der Waals surface area contributed by atoms with Gasteiger partial charge < -0.3 is 5.11 Å². The van der Waals surface area contributed by atoms with Crippen molar-refractivity contribution in [2.45, 2.75) is 39.5 Å². The average molecular weight is 278 g/mol. The molecule has 0 aliphatic carbocycles. The molecule has 1 fully saturated rings. The molecule has 0 bridgehead atoms. The monoisotopic (exact) mass is 278 g/mol. The summed E-state index contributed by atoms with van der Waals surface area (Å²) in [4.78, 5) is 0. The Labute approximate surface area is 111 Å². The van der Waals surface area contributed by atoms with Gasteiger partial charge in [0, 0.05) is 32.8 Å². The predicted molar refractivity (Wildman–Crippen MR) is 72.5 cm³/mol. The van der Waals surface area contributed by atoms with Gasteiger partial charge in [0.1, 0.15) is 0 Å². The second-order valence-corrected chi connectivity index (χ2v) is 6.86. The zero-order valence-electron chi connectivity index (χ0n) is 11.5. The SMILES string of the molecule is CCCN(CCC)S(=O)(=O)N1CCC(CCO)C1. The molecule has 1 aliphatic heterocycles. The molecule has 5 nitrogen and oxygen atoms in total. The highest BCUT2D eigenvalue weighted by molar-refractivity contribution is 7.86. The van der Waals surface area contributed by atoms with E-state index < -0.39 is 10.2 Å². The number of hydrogen-bond donors (Lipinski definition) is 1. The van der Waals surface area contributed by atoms with Crippen LogP contribution in [0, 0.1) is 5.92 Å². The lowest BCUT2D eigenvalue weighted by Gasteiger charge is -2.26. The molecule has 1 aliphatic rings. The molecule has 0 aromatic carbocycles. The van der Waals surface area contributed by atoms with E-state index in [0.717, 1.165) is 19.3 Å². The fraction of sp³-hybridized carbons (Fsp3) is 1.00. The third-order valence-electron chi connectivity index (χ3n) is 3.38. The quantitative estimate of drug-likeness (QED) is 0.722. The first-order chi connectivity index (χ1) is 8.56. The molecule has 1 heterocycles. The normalized spacial score (nSPS) is 21.9. The average Bonchev–Trinajstić information content (AvgIpc) is 2.78. The third-order valence-corrected chi connectivity index (χ3v) is 5.39. The van der Waals surface area contributed by atoms with Crippen molar-refractivity contribution in [3.8, 4) is 0 Å². The molecular weight excluding hydrogens is 252 g/mol. The van der Waals surface area contributed by atoms with Crippen LogP contribution in [-0.2, 0) is 10.2 Å². The summed E-state index contributed by atoms with van der Waals surface area (Å²) in [6.07, 6.45) is 3.25. The first-order valence-corrected chi connectivity index (χ1v) is 8.32. The Balaban J connectivity index is 2.67. The van der Waals surface area contributed by atoms with Gasteiger partial charge in [-0.2, -0.15) is 17.0 Å². The Morgan fingerprint density at radius 1 is 1.28 bits per heavy atom. The number of hydrogen-bond acceptors (Lipinski definition) is 3. The van der Waals surface area contributed by atoms with Gasteiger partial charge in [-0.15, -0.1) is 0 Å². The van der Waals surface area contributed by atoms with Gasteiger partial charge in [0.05, 0.1) is 0 Å². The van der Waals surface area contributed by atoms with Gasteiger partial charge in [0.25, 0.3) is 10.2 Å². The fourth-order valence-electron chi connectivity index (χ4n) is 2.43. The molecule has 1 atom stereocenters. The van der Waals surface area contributed by atoms with Crippen LogP contribution in [0.2, 0.25) is 0 Å². The maximum atomic E-state index is 12.5. The lowest BCUT2D eigenvalue weighted by molar-refractivity contribution is 0.258. The standard InChI is InChI=1S/C12H26N2O3S/c1-3-7-13(8-4-2)18(16,17)14-9-5-12(11-14)6-10-15/h12,15H,3-11H2,1-2H3. The van der Waals surface area contributed by atoms with Crippen LogP contribution in [0.3, 0.4) is 0 Å². The van der Waals surface area contributed by atoms with Gasteiger partial charge in [-0.25, -0.2) is 0 Å². The number of rotatable bonds is 8. The van der Waals surface area contributed by atoms with Crippen LogP contribution in [0.25, 0.3) is 0 Å². The Kier molecular flexibility index (Phi) is 6.55. The largest absolute Gasteiger partial charge is 0.396 e. The van der Waals surface area contributed by atoms with E-state index in [2.05, 4.69) is 0 Å². The summed E-state index contributed by atoms with van der Waals surface area (Å²) in [6.45, 7) is 6.48. The highest BCUT2D eigenvalue weighted by Crippen LogP contribution is 2.23. The van der Waals surface area contributed by atoms with E-state index in [1.165, 1.54) is 0 Å². The van der Waals surface area contributed by atoms with E-state index >= 15 is 0 Å². The first kappa shape index (κ1) is 15.9. The lowest BCUT2D eigenvalue weighted by atomic mass is 10.1. The Morgan fingerprint density at radius 2 is 1.89 bits per heavy atom. The number of nitrogens with zero attached hydrogens (tertiary/aromatic N) is 2. The predicted octanol–water partition coefficient (Wildman–Crippen LogP) is 1.06. The second-order valence-electron chi connectivity index (χ2n) is 4.93. The van der Waals surface area contributed by atoms with Crippen LogP contribution < -0.4 is 0 Å². The Morgan fingerprint density at radius 3 is 2.39 bits per heavy atom. The fourth-order valence-corrected chi connectivity index (χ4v) is 4.32. The zero-order chi connectivity index (χ0) is 13.6.